The second-order valence-corrected chi connectivity index (χ2v) is 4.24. The summed E-state index contributed by atoms with van der Waals surface area (Å²) in [4.78, 5) is 21.5. The molecular formula is C15H13N3O4. The monoisotopic (exact) mass is 299 g/mol. The van der Waals surface area contributed by atoms with Crippen molar-refractivity contribution in [1.29, 1.82) is 0 Å². The van der Waals surface area contributed by atoms with Gasteiger partial charge in [-0.25, -0.2) is 5.43 Å². The second-order valence-electron chi connectivity index (χ2n) is 4.24. The summed E-state index contributed by atoms with van der Waals surface area (Å²) >= 11 is 0. The number of non-ortho nitro benzene ring substituents is 1. The van der Waals surface area contributed by atoms with Gasteiger partial charge in [-0.2, -0.15) is 5.10 Å². The van der Waals surface area contributed by atoms with Crippen molar-refractivity contribution < 1.29 is 14.5 Å². The molecule has 0 radical (unpaired) electrons. The Bertz CT molecular complexity index is 669. The van der Waals surface area contributed by atoms with Gasteiger partial charge in [0.15, 0.2) is 6.61 Å². The molecular weight excluding hydrogens is 286 g/mol. The number of nitrogens with zero attached hydrogens (tertiary/aromatic N) is 2. The van der Waals surface area contributed by atoms with E-state index < -0.39 is 10.8 Å². The first-order valence-electron chi connectivity index (χ1n) is 6.39. The van der Waals surface area contributed by atoms with Gasteiger partial charge in [0.05, 0.1) is 11.1 Å². The molecule has 0 aliphatic heterocycles. The fourth-order valence-corrected chi connectivity index (χ4v) is 1.56. The number of nitro benzene ring substituents is 1. The van der Waals surface area contributed by atoms with Gasteiger partial charge in [0, 0.05) is 12.1 Å². The maximum Gasteiger partial charge on any atom is 0.277 e. The average molecular weight is 299 g/mol. The minimum atomic E-state index is -0.505. The predicted octanol–water partition coefficient (Wildman–Crippen LogP) is 2.12. The van der Waals surface area contributed by atoms with Crippen molar-refractivity contribution >= 4 is 17.8 Å². The van der Waals surface area contributed by atoms with E-state index in [1.165, 1.54) is 30.5 Å². The molecule has 22 heavy (non-hydrogen) atoms. The number of rotatable bonds is 6. The normalized spacial score (nSPS) is 10.4. The number of ether oxygens (including phenoxy) is 1. The van der Waals surface area contributed by atoms with Gasteiger partial charge >= 0.3 is 0 Å². The molecule has 0 bridgehead atoms. The SMILES string of the molecule is O=C(COc1ccc([N+](=O)[O-])cc1)N/N=C/c1ccccc1. The topological polar surface area (TPSA) is 93.8 Å². The molecule has 0 unspecified atom stereocenters. The van der Waals surface area contributed by atoms with Crippen LogP contribution in [0.2, 0.25) is 0 Å². The van der Waals surface area contributed by atoms with Crippen LogP contribution < -0.4 is 10.2 Å². The molecule has 0 fully saturated rings. The number of hydrogen-bond acceptors (Lipinski definition) is 5. The molecule has 1 amide bonds. The molecule has 112 valence electrons. The summed E-state index contributed by atoms with van der Waals surface area (Å²) in [7, 11) is 0. The Morgan fingerprint density at radius 1 is 1.18 bits per heavy atom. The fraction of sp³-hybridized carbons (Fsp3) is 0.0667. The van der Waals surface area contributed by atoms with E-state index in [0.29, 0.717) is 5.75 Å². The van der Waals surface area contributed by atoms with Crippen molar-refractivity contribution in [2.75, 3.05) is 6.61 Å². The van der Waals surface area contributed by atoms with Crippen LogP contribution in [0.15, 0.2) is 59.7 Å². The van der Waals surface area contributed by atoms with Crippen LogP contribution >= 0.6 is 0 Å². The lowest BCUT2D eigenvalue weighted by Crippen LogP contribution is -2.24. The highest BCUT2D eigenvalue weighted by molar-refractivity contribution is 5.82. The Morgan fingerprint density at radius 3 is 2.50 bits per heavy atom. The van der Waals surface area contributed by atoms with Crippen LogP contribution in [0.1, 0.15) is 5.56 Å². The predicted molar refractivity (Wildman–Crippen MR) is 80.8 cm³/mol. The van der Waals surface area contributed by atoms with E-state index in [1.54, 1.807) is 0 Å². The molecule has 7 heteroatoms. The molecule has 7 nitrogen and oxygen atoms in total. The number of carbonyl (C=O) groups is 1. The van der Waals surface area contributed by atoms with Crippen molar-refractivity contribution in [1.82, 2.24) is 5.43 Å². The number of nitro groups is 1. The van der Waals surface area contributed by atoms with Crippen LogP contribution in [-0.4, -0.2) is 23.7 Å². The summed E-state index contributed by atoms with van der Waals surface area (Å²) < 4.78 is 5.20. The van der Waals surface area contributed by atoms with E-state index >= 15 is 0 Å². The summed E-state index contributed by atoms with van der Waals surface area (Å²) in [6.45, 7) is -0.232. The quantitative estimate of drug-likeness (QED) is 0.502. The summed E-state index contributed by atoms with van der Waals surface area (Å²) in [5.74, 6) is -0.0571. The third-order valence-corrected chi connectivity index (χ3v) is 2.62. The third-order valence-electron chi connectivity index (χ3n) is 2.62. The van der Waals surface area contributed by atoms with E-state index in [2.05, 4.69) is 10.5 Å². The first kappa shape index (κ1) is 15.2. The molecule has 0 aliphatic carbocycles. The summed E-state index contributed by atoms with van der Waals surface area (Å²) in [6, 6.07) is 14.8. The van der Waals surface area contributed by atoms with Gasteiger partial charge in [0.1, 0.15) is 5.75 Å². The van der Waals surface area contributed by atoms with Gasteiger partial charge < -0.3 is 4.74 Å². The lowest BCUT2D eigenvalue weighted by Gasteiger charge is -2.04. The lowest BCUT2D eigenvalue weighted by molar-refractivity contribution is -0.384. The average Bonchev–Trinajstić information content (AvgIpc) is 2.54. The molecule has 1 N–H and O–H groups in total. The van der Waals surface area contributed by atoms with Crippen molar-refractivity contribution in [2.24, 2.45) is 5.10 Å². The number of hydrazone groups is 1. The summed E-state index contributed by atoms with van der Waals surface area (Å²) in [5.41, 5.74) is 3.15. The Hall–Kier alpha value is -3.22. The maximum atomic E-state index is 11.5. The van der Waals surface area contributed by atoms with Gasteiger partial charge in [-0.15, -0.1) is 0 Å². The van der Waals surface area contributed by atoms with E-state index in [-0.39, 0.29) is 12.3 Å². The van der Waals surface area contributed by atoms with Gasteiger partial charge in [-0.3, -0.25) is 14.9 Å². The van der Waals surface area contributed by atoms with Crippen LogP contribution in [0, 0.1) is 10.1 Å². The number of amides is 1. The number of benzene rings is 2. The number of hydrogen-bond donors (Lipinski definition) is 1. The summed E-state index contributed by atoms with van der Waals surface area (Å²) in [5, 5.41) is 14.3. The zero-order chi connectivity index (χ0) is 15.8. The van der Waals surface area contributed by atoms with E-state index in [1.807, 2.05) is 30.3 Å². The third kappa shape index (κ3) is 4.71. The van der Waals surface area contributed by atoms with Crippen molar-refractivity contribution in [3.05, 3.63) is 70.3 Å². The van der Waals surface area contributed by atoms with Crippen LogP contribution in [0.25, 0.3) is 0 Å². The van der Waals surface area contributed by atoms with Gasteiger partial charge in [-0.05, 0) is 17.7 Å². The molecule has 0 spiro atoms. The standard InChI is InChI=1S/C15H13N3O4/c19-15(17-16-10-12-4-2-1-3-5-12)11-22-14-8-6-13(7-9-14)18(20)21/h1-10H,11H2,(H,17,19)/b16-10+. The largest absolute Gasteiger partial charge is 0.484 e. The number of carbonyl (C=O) groups excluding carboxylic acids is 1. The highest BCUT2D eigenvalue weighted by atomic mass is 16.6. The van der Waals surface area contributed by atoms with Crippen LogP contribution in [-0.2, 0) is 4.79 Å². The Morgan fingerprint density at radius 2 is 1.86 bits per heavy atom. The highest BCUT2D eigenvalue weighted by Gasteiger charge is 2.05. The Balaban J connectivity index is 1.78. The molecule has 0 aliphatic rings. The minimum Gasteiger partial charge on any atom is -0.484 e. The van der Waals surface area contributed by atoms with Gasteiger partial charge in [0.25, 0.3) is 11.6 Å². The Kier molecular flexibility index (Phi) is 5.20. The minimum absolute atomic E-state index is 0.0377. The smallest absolute Gasteiger partial charge is 0.277 e. The van der Waals surface area contributed by atoms with Crippen LogP contribution in [0.4, 0.5) is 5.69 Å². The number of nitrogens with one attached hydrogen (secondary N) is 1. The molecule has 2 aromatic carbocycles. The molecule has 0 atom stereocenters. The van der Waals surface area contributed by atoms with E-state index in [9.17, 15) is 14.9 Å². The Labute approximate surface area is 126 Å². The van der Waals surface area contributed by atoms with Crippen molar-refractivity contribution in [3.63, 3.8) is 0 Å². The molecule has 0 saturated carbocycles. The van der Waals surface area contributed by atoms with Crippen LogP contribution in [0.5, 0.6) is 5.75 Å². The zero-order valence-electron chi connectivity index (χ0n) is 11.5. The van der Waals surface area contributed by atoms with Crippen molar-refractivity contribution in [2.45, 2.75) is 0 Å². The lowest BCUT2D eigenvalue weighted by atomic mass is 10.2. The molecule has 0 saturated heterocycles. The van der Waals surface area contributed by atoms with Crippen molar-refractivity contribution in [3.8, 4) is 5.75 Å². The molecule has 2 aromatic rings. The van der Waals surface area contributed by atoms with E-state index in [0.717, 1.165) is 5.56 Å². The second kappa shape index (κ2) is 7.53. The van der Waals surface area contributed by atoms with Crippen LogP contribution in [0.3, 0.4) is 0 Å². The van der Waals surface area contributed by atoms with Gasteiger partial charge in [-0.1, -0.05) is 30.3 Å². The highest BCUT2D eigenvalue weighted by Crippen LogP contribution is 2.16. The zero-order valence-corrected chi connectivity index (χ0v) is 11.5. The fourth-order valence-electron chi connectivity index (χ4n) is 1.56. The molecule has 2 rings (SSSR count). The molecule has 0 heterocycles. The maximum absolute atomic E-state index is 11.5. The van der Waals surface area contributed by atoms with E-state index in [4.69, 9.17) is 4.74 Å². The summed E-state index contributed by atoms with van der Waals surface area (Å²) in [6.07, 6.45) is 1.52. The first-order valence-corrected chi connectivity index (χ1v) is 6.39. The first-order chi connectivity index (χ1) is 10.6. The van der Waals surface area contributed by atoms with Gasteiger partial charge in [0.2, 0.25) is 0 Å². The molecule has 0 aromatic heterocycles.